The van der Waals surface area contributed by atoms with Gasteiger partial charge in [-0.05, 0) is 36.4 Å². The monoisotopic (exact) mass is 470 g/mol. The molecule has 0 bridgehead atoms. The molecule has 1 aromatic carbocycles. The average molecular weight is 471 g/mol. The minimum absolute atomic E-state index is 0.116. The summed E-state index contributed by atoms with van der Waals surface area (Å²) in [7, 11) is -1.14. The highest BCUT2D eigenvalue weighted by Gasteiger charge is 2.30. The second-order valence-electron chi connectivity index (χ2n) is 6.78. The van der Waals surface area contributed by atoms with Gasteiger partial charge in [-0.2, -0.15) is 18.8 Å². The van der Waals surface area contributed by atoms with E-state index in [4.69, 9.17) is 5.26 Å². The molecule has 162 valence electrons. The van der Waals surface area contributed by atoms with Crippen molar-refractivity contribution in [3.05, 3.63) is 70.8 Å². The van der Waals surface area contributed by atoms with Gasteiger partial charge in [-0.3, -0.25) is 9.48 Å². The van der Waals surface area contributed by atoms with Crippen LogP contribution in [0.1, 0.15) is 10.4 Å². The lowest BCUT2D eigenvalue weighted by molar-refractivity contribution is -0.113. The van der Waals surface area contributed by atoms with Crippen LogP contribution in [-0.4, -0.2) is 41.2 Å². The highest BCUT2D eigenvalue weighted by Crippen LogP contribution is 2.30. The van der Waals surface area contributed by atoms with E-state index in [1.54, 1.807) is 30.1 Å². The summed E-state index contributed by atoms with van der Waals surface area (Å²) >= 11 is 1.31. The Morgan fingerprint density at radius 2 is 1.97 bits per heavy atom. The molecule has 2 aromatic heterocycles. The SMILES string of the molecule is CN1C(C(=O)Nc2ccc(F)c(C#N)c2)=CC(c2ccc(-c3cnn(C)c3)s2)=NS1(=O)=O. The molecule has 0 saturated carbocycles. The molecule has 0 unspecified atom stereocenters. The summed E-state index contributed by atoms with van der Waals surface area (Å²) in [6, 6.07) is 8.71. The maximum atomic E-state index is 13.5. The Bertz CT molecular complexity index is 1450. The molecule has 12 heteroatoms. The molecule has 0 atom stereocenters. The molecule has 3 aromatic rings. The summed E-state index contributed by atoms with van der Waals surface area (Å²) in [5.74, 6) is -1.47. The lowest BCUT2D eigenvalue weighted by Gasteiger charge is -2.23. The van der Waals surface area contributed by atoms with Gasteiger partial charge in [0.1, 0.15) is 17.6 Å². The summed E-state index contributed by atoms with van der Waals surface area (Å²) in [5.41, 5.74) is 0.718. The third kappa shape index (κ3) is 4.03. The van der Waals surface area contributed by atoms with Crippen LogP contribution in [0.15, 0.2) is 58.9 Å². The molecular formula is C20H15FN6O3S2. The molecular weight excluding hydrogens is 455 g/mol. The maximum Gasteiger partial charge on any atom is 0.345 e. The van der Waals surface area contributed by atoms with E-state index in [0.29, 0.717) is 4.88 Å². The molecule has 0 aliphatic carbocycles. The van der Waals surface area contributed by atoms with E-state index in [-0.39, 0.29) is 22.7 Å². The highest BCUT2D eigenvalue weighted by atomic mass is 32.2. The van der Waals surface area contributed by atoms with Crippen LogP contribution in [0.5, 0.6) is 0 Å². The van der Waals surface area contributed by atoms with Crippen LogP contribution in [-0.2, 0) is 22.1 Å². The maximum absolute atomic E-state index is 13.5. The number of nitrogens with one attached hydrogen (secondary N) is 1. The number of nitrogens with zero attached hydrogens (tertiary/aromatic N) is 5. The summed E-state index contributed by atoms with van der Waals surface area (Å²) in [6.45, 7) is 0. The number of aryl methyl sites for hydroxylation is 1. The molecule has 1 aliphatic heterocycles. The third-order valence-corrected chi connectivity index (χ3v) is 7.07. The first-order valence-corrected chi connectivity index (χ1v) is 11.3. The molecule has 32 heavy (non-hydrogen) atoms. The third-order valence-electron chi connectivity index (χ3n) is 4.60. The molecule has 0 radical (unpaired) electrons. The molecule has 9 nitrogen and oxygen atoms in total. The number of hydrogen-bond donors (Lipinski definition) is 1. The van der Waals surface area contributed by atoms with Gasteiger partial charge in [-0.15, -0.1) is 15.7 Å². The number of aromatic nitrogens is 2. The summed E-state index contributed by atoms with van der Waals surface area (Å²) in [5, 5.41) is 15.6. The lowest BCUT2D eigenvalue weighted by Crippen LogP contribution is -2.35. The molecule has 0 saturated heterocycles. The zero-order valence-corrected chi connectivity index (χ0v) is 18.4. The normalized spacial score (nSPS) is 15.0. The summed E-state index contributed by atoms with van der Waals surface area (Å²) in [4.78, 5) is 14.2. The number of benzene rings is 1. The standard InChI is InChI=1S/C20H15FN6O3S2/c1-26-11-13(10-23-26)18-5-6-19(31-18)16-8-17(27(2)32(29,30)25-16)20(28)24-14-3-4-15(21)12(7-14)9-22/h3-8,10-11H,1-2H3,(H,24,28). The largest absolute Gasteiger partial charge is 0.345 e. The number of carbonyl (C=O) groups excluding carboxylic acids is 1. The molecule has 3 heterocycles. The Labute approximate surface area is 186 Å². The number of amides is 1. The number of nitriles is 1. The van der Waals surface area contributed by atoms with E-state index < -0.39 is 21.9 Å². The average Bonchev–Trinajstić information content (AvgIpc) is 3.40. The Morgan fingerprint density at radius 3 is 2.66 bits per heavy atom. The summed E-state index contributed by atoms with van der Waals surface area (Å²) in [6.07, 6.45) is 4.88. The van der Waals surface area contributed by atoms with E-state index in [1.807, 2.05) is 12.3 Å². The number of thiophene rings is 1. The predicted molar refractivity (Wildman–Crippen MR) is 118 cm³/mol. The Balaban J connectivity index is 1.67. The molecule has 1 aliphatic rings. The van der Waals surface area contributed by atoms with Gasteiger partial charge in [-0.25, -0.2) is 8.70 Å². The van der Waals surface area contributed by atoms with Crippen LogP contribution in [0, 0.1) is 17.1 Å². The number of likely N-dealkylation sites (N-methyl/N-ethyl adjacent to an activating group) is 1. The van der Waals surface area contributed by atoms with Gasteiger partial charge in [0.2, 0.25) is 0 Å². The van der Waals surface area contributed by atoms with Crippen molar-refractivity contribution in [2.24, 2.45) is 11.4 Å². The predicted octanol–water partition coefficient (Wildman–Crippen LogP) is 2.66. The highest BCUT2D eigenvalue weighted by molar-refractivity contribution is 7.88. The number of halogens is 1. The fourth-order valence-corrected chi connectivity index (χ4v) is 4.85. The van der Waals surface area contributed by atoms with E-state index >= 15 is 0 Å². The van der Waals surface area contributed by atoms with Crippen molar-refractivity contribution in [2.45, 2.75) is 0 Å². The Hall–Kier alpha value is -3.82. The van der Waals surface area contributed by atoms with Gasteiger partial charge in [0, 0.05) is 36.4 Å². The second-order valence-corrected chi connectivity index (χ2v) is 9.49. The van der Waals surface area contributed by atoms with Gasteiger partial charge in [-0.1, -0.05) is 0 Å². The van der Waals surface area contributed by atoms with Crippen LogP contribution < -0.4 is 5.32 Å². The molecule has 1 amide bonds. The number of hydrogen-bond acceptors (Lipinski definition) is 6. The fourth-order valence-electron chi connectivity index (χ4n) is 2.94. The van der Waals surface area contributed by atoms with E-state index in [0.717, 1.165) is 20.8 Å². The molecule has 4 rings (SSSR count). The van der Waals surface area contributed by atoms with Crippen molar-refractivity contribution in [1.82, 2.24) is 14.1 Å². The first-order valence-electron chi connectivity index (χ1n) is 9.08. The summed E-state index contributed by atoms with van der Waals surface area (Å²) < 4.78 is 44.9. The smallest absolute Gasteiger partial charge is 0.321 e. The van der Waals surface area contributed by atoms with Crippen molar-refractivity contribution in [2.75, 3.05) is 12.4 Å². The first kappa shape index (κ1) is 21.4. The molecule has 0 spiro atoms. The van der Waals surface area contributed by atoms with Crippen LogP contribution in [0.4, 0.5) is 10.1 Å². The van der Waals surface area contributed by atoms with E-state index in [9.17, 15) is 17.6 Å². The van der Waals surface area contributed by atoms with Gasteiger partial charge in [0.15, 0.2) is 0 Å². The first-order chi connectivity index (χ1) is 15.2. The zero-order valence-electron chi connectivity index (χ0n) is 16.8. The van der Waals surface area contributed by atoms with E-state index in [2.05, 4.69) is 14.8 Å². The van der Waals surface area contributed by atoms with Crippen molar-refractivity contribution in [1.29, 1.82) is 5.26 Å². The Kier molecular flexibility index (Phi) is 5.37. The number of carbonyl (C=O) groups is 1. The number of rotatable bonds is 4. The van der Waals surface area contributed by atoms with Gasteiger partial charge in [0.25, 0.3) is 5.91 Å². The van der Waals surface area contributed by atoms with Gasteiger partial charge < -0.3 is 5.32 Å². The van der Waals surface area contributed by atoms with Gasteiger partial charge in [0.05, 0.1) is 22.3 Å². The minimum Gasteiger partial charge on any atom is -0.321 e. The number of anilines is 1. The zero-order chi connectivity index (χ0) is 23.0. The van der Waals surface area contributed by atoms with Crippen LogP contribution in [0.25, 0.3) is 10.4 Å². The van der Waals surface area contributed by atoms with Gasteiger partial charge >= 0.3 is 10.2 Å². The molecule has 1 N–H and O–H groups in total. The van der Waals surface area contributed by atoms with Crippen molar-refractivity contribution in [3.8, 4) is 16.5 Å². The van der Waals surface area contributed by atoms with Crippen molar-refractivity contribution < 1.29 is 17.6 Å². The lowest BCUT2D eigenvalue weighted by atomic mass is 10.2. The fraction of sp³-hybridized carbons (Fsp3) is 0.100. The van der Waals surface area contributed by atoms with Crippen LogP contribution in [0.2, 0.25) is 0 Å². The second kappa shape index (κ2) is 8.03. The minimum atomic E-state index is -4.15. The van der Waals surface area contributed by atoms with Crippen molar-refractivity contribution >= 4 is 38.9 Å². The van der Waals surface area contributed by atoms with Crippen LogP contribution >= 0.6 is 11.3 Å². The van der Waals surface area contributed by atoms with Crippen molar-refractivity contribution in [3.63, 3.8) is 0 Å². The van der Waals surface area contributed by atoms with E-state index in [1.165, 1.54) is 36.6 Å². The number of allylic oxidation sites excluding steroid dienone is 1. The quantitative estimate of drug-likeness (QED) is 0.629. The molecule has 0 fully saturated rings. The Morgan fingerprint density at radius 1 is 1.22 bits per heavy atom. The van der Waals surface area contributed by atoms with Crippen LogP contribution in [0.3, 0.4) is 0 Å². The topological polar surface area (TPSA) is 120 Å².